The first kappa shape index (κ1) is 15.2. The topological polar surface area (TPSA) is 47.3 Å². The van der Waals surface area contributed by atoms with Crippen molar-refractivity contribution >= 4 is 23.2 Å². The number of aliphatic hydroxyl groups is 1. The molecule has 6 heteroatoms. The zero-order valence-corrected chi connectivity index (χ0v) is 13.0. The minimum Gasteiger partial charge on any atom is -0.481 e. The number of halogens is 2. The summed E-state index contributed by atoms with van der Waals surface area (Å²) in [6.45, 7) is 1.84. The van der Waals surface area contributed by atoms with Crippen LogP contribution in [0.1, 0.15) is 22.9 Å². The maximum Gasteiger partial charge on any atom is 0.217 e. The van der Waals surface area contributed by atoms with Gasteiger partial charge in [-0.25, -0.2) is 4.68 Å². The van der Waals surface area contributed by atoms with Gasteiger partial charge < -0.3 is 9.84 Å². The zero-order chi connectivity index (χ0) is 14.9. The summed E-state index contributed by atoms with van der Waals surface area (Å²) in [7, 11) is 3.33. The number of aliphatic hydroxyl groups excluding tert-OH is 1. The third-order valence-corrected chi connectivity index (χ3v) is 3.76. The van der Waals surface area contributed by atoms with Crippen LogP contribution in [0.15, 0.2) is 18.2 Å². The Bertz CT molecular complexity index is 626. The van der Waals surface area contributed by atoms with E-state index in [9.17, 15) is 5.11 Å². The van der Waals surface area contributed by atoms with E-state index in [1.807, 2.05) is 13.0 Å². The van der Waals surface area contributed by atoms with Gasteiger partial charge in [0.2, 0.25) is 5.88 Å². The van der Waals surface area contributed by atoms with E-state index in [-0.39, 0.29) is 0 Å². The van der Waals surface area contributed by atoms with Gasteiger partial charge in [-0.3, -0.25) is 0 Å². The smallest absolute Gasteiger partial charge is 0.217 e. The zero-order valence-electron chi connectivity index (χ0n) is 11.5. The molecule has 0 saturated carbocycles. The number of nitrogens with zero attached hydrogens (tertiary/aromatic N) is 2. The van der Waals surface area contributed by atoms with Crippen LogP contribution in [0.25, 0.3) is 0 Å². The van der Waals surface area contributed by atoms with Crippen LogP contribution in [0.3, 0.4) is 0 Å². The molecule has 1 aromatic carbocycles. The molecule has 2 rings (SSSR count). The summed E-state index contributed by atoms with van der Waals surface area (Å²) in [5.41, 5.74) is 2.25. The van der Waals surface area contributed by atoms with E-state index in [0.717, 1.165) is 11.3 Å². The van der Waals surface area contributed by atoms with Gasteiger partial charge in [0, 0.05) is 23.5 Å². The molecule has 20 heavy (non-hydrogen) atoms. The number of hydrogen-bond acceptors (Lipinski definition) is 3. The van der Waals surface area contributed by atoms with E-state index >= 15 is 0 Å². The molecule has 0 spiro atoms. The summed E-state index contributed by atoms with van der Waals surface area (Å²) >= 11 is 12.0. The minimum absolute atomic E-state index is 0.374. The normalized spacial score (nSPS) is 12.5. The highest BCUT2D eigenvalue weighted by molar-refractivity contribution is 6.35. The van der Waals surface area contributed by atoms with Gasteiger partial charge in [-0.1, -0.05) is 29.3 Å². The van der Waals surface area contributed by atoms with E-state index in [2.05, 4.69) is 5.10 Å². The Hall–Kier alpha value is -1.23. The summed E-state index contributed by atoms with van der Waals surface area (Å²) < 4.78 is 6.90. The van der Waals surface area contributed by atoms with E-state index in [1.54, 1.807) is 31.0 Å². The first-order chi connectivity index (χ1) is 9.43. The van der Waals surface area contributed by atoms with Crippen molar-refractivity contribution in [2.75, 3.05) is 7.11 Å². The molecule has 1 N–H and O–H groups in total. The van der Waals surface area contributed by atoms with E-state index in [4.69, 9.17) is 27.9 Å². The molecule has 0 saturated heterocycles. The van der Waals surface area contributed by atoms with Crippen LogP contribution in [0, 0.1) is 6.92 Å². The molecule has 0 bridgehead atoms. The molecule has 0 aliphatic carbocycles. The van der Waals surface area contributed by atoms with Gasteiger partial charge in [0.1, 0.15) is 0 Å². The van der Waals surface area contributed by atoms with Crippen molar-refractivity contribution < 1.29 is 9.84 Å². The molecule has 0 radical (unpaired) electrons. The number of aryl methyl sites for hydroxylation is 2. The lowest BCUT2D eigenvalue weighted by Crippen LogP contribution is -2.05. The van der Waals surface area contributed by atoms with Gasteiger partial charge in [-0.15, -0.1) is 0 Å². The number of methoxy groups -OCH3 is 1. The Labute approximate surface area is 127 Å². The molecule has 4 nitrogen and oxygen atoms in total. The lowest BCUT2D eigenvalue weighted by Gasteiger charge is -2.13. The summed E-state index contributed by atoms with van der Waals surface area (Å²) in [5, 5.41) is 15.8. The van der Waals surface area contributed by atoms with Gasteiger partial charge in [0.05, 0.1) is 24.5 Å². The summed E-state index contributed by atoms with van der Waals surface area (Å²) in [6.07, 6.45) is -0.365. The lowest BCUT2D eigenvalue weighted by molar-refractivity contribution is 0.172. The van der Waals surface area contributed by atoms with Crippen LogP contribution < -0.4 is 4.74 Å². The maximum absolute atomic E-state index is 10.4. The van der Waals surface area contributed by atoms with Crippen molar-refractivity contribution in [1.29, 1.82) is 0 Å². The molecular weight excluding hydrogens is 299 g/mol. The molecule has 2 aromatic rings. The molecule has 1 unspecified atom stereocenters. The minimum atomic E-state index is -0.739. The quantitative estimate of drug-likeness (QED) is 0.941. The molecule has 0 aliphatic rings. The highest BCUT2D eigenvalue weighted by Gasteiger charge is 2.22. The summed E-state index contributed by atoms with van der Waals surface area (Å²) in [4.78, 5) is 0. The van der Waals surface area contributed by atoms with Crippen LogP contribution in [0.2, 0.25) is 10.0 Å². The molecule has 108 valence electrons. The van der Waals surface area contributed by atoms with Crippen LogP contribution in [0.5, 0.6) is 5.88 Å². The Morgan fingerprint density at radius 3 is 2.70 bits per heavy atom. The highest BCUT2D eigenvalue weighted by Crippen LogP contribution is 2.32. The number of ether oxygens (including phenoxy) is 1. The monoisotopic (exact) mass is 314 g/mol. The van der Waals surface area contributed by atoms with Gasteiger partial charge >= 0.3 is 0 Å². The molecule has 0 aliphatic heterocycles. The maximum atomic E-state index is 10.4. The molecule has 1 atom stereocenters. The Morgan fingerprint density at radius 1 is 1.40 bits per heavy atom. The van der Waals surface area contributed by atoms with Gasteiger partial charge in [0.25, 0.3) is 0 Å². The standard InChI is InChI=1S/C14H16Cl2N2O2/c1-8-13(14(20-3)18(2)17-8)12(19)6-9-4-5-10(15)7-11(9)16/h4-5,7,12,19H,6H2,1-3H3. The molecule has 1 aromatic heterocycles. The van der Waals surface area contributed by atoms with Gasteiger partial charge in [-0.2, -0.15) is 5.10 Å². The SMILES string of the molecule is COc1c(C(O)Cc2ccc(Cl)cc2Cl)c(C)nn1C. The van der Waals surface area contributed by atoms with Crippen molar-refractivity contribution in [2.24, 2.45) is 7.05 Å². The predicted octanol–water partition coefficient (Wildman–Crippen LogP) is 3.32. The molecular formula is C14H16Cl2N2O2. The lowest BCUT2D eigenvalue weighted by atomic mass is 10.0. The first-order valence-corrected chi connectivity index (χ1v) is 6.89. The second kappa shape index (κ2) is 6.04. The average Bonchev–Trinajstić information content (AvgIpc) is 2.66. The van der Waals surface area contributed by atoms with Crippen molar-refractivity contribution in [1.82, 2.24) is 9.78 Å². The fourth-order valence-electron chi connectivity index (χ4n) is 2.28. The van der Waals surface area contributed by atoms with Crippen molar-refractivity contribution in [3.05, 3.63) is 45.1 Å². The van der Waals surface area contributed by atoms with E-state index < -0.39 is 6.10 Å². The van der Waals surface area contributed by atoms with Crippen molar-refractivity contribution in [3.8, 4) is 5.88 Å². The number of benzene rings is 1. The first-order valence-electron chi connectivity index (χ1n) is 6.13. The average molecular weight is 315 g/mol. The Morgan fingerprint density at radius 2 is 2.10 bits per heavy atom. The highest BCUT2D eigenvalue weighted by atomic mass is 35.5. The van der Waals surface area contributed by atoms with Crippen LogP contribution in [-0.4, -0.2) is 22.0 Å². The molecule has 0 fully saturated rings. The van der Waals surface area contributed by atoms with Crippen LogP contribution in [0.4, 0.5) is 0 Å². The van der Waals surface area contributed by atoms with Crippen molar-refractivity contribution in [3.63, 3.8) is 0 Å². The Kier molecular flexibility index (Phi) is 4.58. The third kappa shape index (κ3) is 2.92. The molecule has 0 amide bonds. The van der Waals surface area contributed by atoms with Crippen LogP contribution >= 0.6 is 23.2 Å². The second-order valence-corrected chi connectivity index (χ2v) is 5.43. The summed E-state index contributed by atoms with van der Waals surface area (Å²) in [6, 6.07) is 5.23. The largest absolute Gasteiger partial charge is 0.481 e. The fraction of sp³-hybridized carbons (Fsp3) is 0.357. The Balaban J connectivity index is 2.30. The van der Waals surface area contributed by atoms with Crippen LogP contribution in [-0.2, 0) is 13.5 Å². The number of hydrogen-bond donors (Lipinski definition) is 1. The third-order valence-electron chi connectivity index (χ3n) is 3.17. The molecule has 1 heterocycles. The van der Waals surface area contributed by atoms with Crippen molar-refractivity contribution in [2.45, 2.75) is 19.4 Å². The van der Waals surface area contributed by atoms with E-state index in [0.29, 0.717) is 27.9 Å². The van der Waals surface area contributed by atoms with E-state index in [1.165, 1.54) is 0 Å². The number of rotatable bonds is 4. The van der Waals surface area contributed by atoms with Gasteiger partial charge in [-0.05, 0) is 24.6 Å². The second-order valence-electron chi connectivity index (χ2n) is 4.59. The fourth-order valence-corrected chi connectivity index (χ4v) is 2.76. The summed E-state index contributed by atoms with van der Waals surface area (Å²) in [5.74, 6) is 0.556. The number of aromatic nitrogens is 2. The van der Waals surface area contributed by atoms with Gasteiger partial charge in [0.15, 0.2) is 0 Å². The predicted molar refractivity (Wildman–Crippen MR) is 79.6 cm³/mol.